The van der Waals surface area contributed by atoms with E-state index in [1.54, 1.807) is 0 Å². The minimum absolute atomic E-state index is 0.00195. The van der Waals surface area contributed by atoms with Gasteiger partial charge in [0, 0.05) is 19.0 Å². The van der Waals surface area contributed by atoms with Crippen LogP contribution in [0.4, 0.5) is 4.39 Å². The van der Waals surface area contributed by atoms with Gasteiger partial charge in [-0.1, -0.05) is 12.5 Å². The molecule has 0 spiro atoms. The Kier molecular flexibility index (Phi) is 3.94. The standard InChI is InChI=1S/C12H15ClFNO2S/c1-15(10-3-2-4-10)18(16,17)12-6-5-9(8-13)7-11(12)14/h5-7,10H,2-4,8H2,1H3. The number of benzene rings is 1. The first-order valence-electron chi connectivity index (χ1n) is 5.79. The number of halogens is 2. The summed E-state index contributed by atoms with van der Waals surface area (Å²) in [5.74, 6) is -0.574. The van der Waals surface area contributed by atoms with Crippen molar-refractivity contribution in [2.24, 2.45) is 0 Å². The second kappa shape index (κ2) is 5.15. The third-order valence-corrected chi connectivity index (χ3v) is 5.65. The number of rotatable bonds is 4. The number of hydrogen-bond acceptors (Lipinski definition) is 2. The Labute approximate surface area is 112 Å². The van der Waals surface area contributed by atoms with E-state index in [0.29, 0.717) is 5.56 Å². The maximum absolute atomic E-state index is 13.8. The molecule has 2 rings (SSSR count). The van der Waals surface area contributed by atoms with Gasteiger partial charge in [0.1, 0.15) is 10.7 Å². The summed E-state index contributed by atoms with van der Waals surface area (Å²) in [7, 11) is -2.23. The molecule has 0 saturated heterocycles. The Morgan fingerprint density at radius 3 is 2.56 bits per heavy atom. The van der Waals surface area contributed by atoms with Crippen LogP contribution in [0.1, 0.15) is 24.8 Å². The van der Waals surface area contributed by atoms with Gasteiger partial charge in [-0.15, -0.1) is 11.6 Å². The largest absolute Gasteiger partial charge is 0.245 e. The Balaban J connectivity index is 2.34. The van der Waals surface area contributed by atoms with Crippen molar-refractivity contribution in [3.63, 3.8) is 0 Å². The third-order valence-electron chi connectivity index (χ3n) is 3.40. The molecule has 18 heavy (non-hydrogen) atoms. The lowest BCUT2D eigenvalue weighted by atomic mass is 9.94. The lowest BCUT2D eigenvalue weighted by Crippen LogP contribution is -2.41. The van der Waals surface area contributed by atoms with E-state index in [0.717, 1.165) is 19.3 Å². The normalized spacial score (nSPS) is 16.9. The lowest BCUT2D eigenvalue weighted by molar-refractivity contribution is 0.249. The lowest BCUT2D eigenvalue weighted by Gasteiger charge is -2.33. The molecule has 0 radical (unpaired) electrons. The molecule has 0 atom stereocenters. The maximum atomic E-state index is 13.8. The van der Waals surface area contributed by atoms with Crippen molar-refractivity contribution in [2.45, 2.75) is 36.1 Å². The molecular weight excluding hydrogens is 277 g/mol. The van der Waals surface area contributed by atoms with Gasteiger partial charge in [0.05, 0.1) is 0 Å². The average Bonchev–Trinajstić information content (AvgIpc) is 2.26. The molecule has 1 saturated carbocycles. The van der Waals surface area contributed by atoms with Crippen LogP contribution in [0.25, 0.3) is 0 Å². The molecule has 1 aromatic carbocycles. The second-order valence-electron chi connectivity index (χ2n) is 4.50. The molecule has 1 aliphatic rings. The summed E-state index contributed by atoms with van der Waals surface area (Å²) in [4.78, 5) is -0.272. The van der Waals surface area contributed by atoms with Crippen molar-refractivity contribution < 1.29 is 12.8 Å². The minimum atomic E-state index is -3.74. The van der Waals surface area contributed by atoms with Crippen molar-refractivity contribution in [1.29, 1.82) is 0 Å². The van der Waals surface area contributed by atoms with Crippen molar-refractivity contribution in [1.82, 2.24) is 4.31 Å². The Hall–Kier alpha value is -0.650. The van der Waals surface area contributed by atoms with Gasteiger partial charge >= 0.3 is 0 Å². The van der Waals surface area contributed by atoms with Gasteiger partial charge in [-0.25, -0.2) is 12.8 Å². The van der Waals surface area contributed by atoms with E-state index >= 15 is 0 Å². The van der Waals surface area contributed by atoms with Gasteiger partial charge in [0.15, 0.2) is 0 Å². The van der Waals surface area contributed by atoms with Crippen LogP contribution in [0.5, 0.6) is 0 Å². The summed E-state index contributed by atoms with van der Waals surface area (Å²) in [5.41, 5.74) is 0.569. The van der Waals surface area contributed by atoms with Crippen LogP contribution in [-0.2, 0) is 15.9 Å². The van der Waals surface area contributed by atoms with E-state index in [-0.39, 0.29) is 16.8 Å². The highest BCUT2D eigenvalue weighted by Crippen LogP contribution is 2.29. The molecule has 100 valence electrons. The Morgan fingerprint density at radius 2 is 2.11 bits per heavy atom. The molecule has 6 heteroatoms. The summed E-state index contributed by atoms with van der Waals surface area (Å²) in [6, 6.07) is 4.01. The van der Waals surface area contributed by atoms with Crippen molar-refractivity contribution >= 4 is 21.6 Å². The quantitative estimate of drug-likeness (QED) is 0.800. The van der Waals surface area contributed by atoms with Crippen molar-refractivity contribution in [2.75, 3.05) is 7.05 Å². The third kappa shape index (κ3) is 2.39. The van der Waals surface area contributed by atoms with Gasteiger partial charge in [-0.3, -0.25) is 0 Å². The zero-order chi connectivity index (χ0) is 13.3. The van der Waals surface area contributed by atoms with E-state index in [1.165, 1.54) is 29.6 Å². The molecule has 0 amide bonds. The molecule has 0 heterocycles. The highest BCUT2D eigenvalue weighted by atomic mass is 35.5. The van der Waals surface area contributed by atoms with Crippen molar-refractivity contribution in [3.8, 4) is 0 Å². The van der Waals surface area contributed by atoms with Gasteiger partial charge in [0.2, 0.25) is 10.0 Å². The topological polar surface area (TPSA) is 37.4 Å². The first kappa shape index (κ1) is 13.8. The maximum Gasteiger partial charge on any atom is 0.245 e. The second-order valence-corrected chi connectivity index (χ2v) is 6.74. The summed E-state index contributed by atoms with van der Waals surface area (Å²) in [5, 5.41) is 0. The Morgan fingerprint density at radius 1 is 1.44 bits per heavy atom. The summed E-state index contributed by atoms with van der Waals surface area (Å²) in [6.45, 7) is 0. The molecule has 1 aromatic rings. The molecule has 1 fully saturated rings. The smallest absolute Gasteiger partial charge is 0.207 e. The monoisotopic (exact) mass is 291 g/mol. The first-order valence-corrected chi connectivity index (χ1v) is 7.76. The molecule has 0 bridgehead atoms. The fourth-order valence-electron chi connectivity index (χ4n) is 1.94. The number of hydrogen-bond donors (Lipinski definition) is 0. The van der Waals surface area contributed by atoms with Crippen LogP contribution in [0, 0.1) is 5.82 Å². The molecule has 1 aliphatic carbocycles. The summed E-state index contributed by atoms with van der Waals surface area (Å²) in [6.07, 6.45) is 2.71. The van der Waals surface area contributed by atoms with Gasteiger partial charge < -0.3 is 0 Å². The van der Waals surface area contributed by atoms with E-state index < -0.39 is 15.8 Å². The molecule has 0 unspecified atom stereocenters. The molecule has 0 aromatic heterocycles. The predicted molar refractivity (Wildman–Crippen MR) is 68.5 cm³/mol. The SMILES string of the molecule is CN(C1CCC1)S(=O)(=O)c1ccc(CCl)cc1F. The summed E-state index contributed by atoms with van der Waals surface area (Å²) < 4.78 is 39.6. The van der Waals surface area contributed by atoms with Gasteiger partial charge in [-0.2, -0.15) is 4.31 Å². The van der Waals surface area contributed by atoms with Crippen LogP contribution in [0.2, 0.25) is 0 Å². The highest BCUT2D eigenvalue weighted by Gasteiger charge is 2.33. The molecule has 0 N–H and O–H groups in total. The molecule has 0 aliphatic heterocycles. The van der Waals surface area contributed by atoms with Gasteiger partial charge in [0.25, 0.3) is 0 Å². The predicted octanol–water partition coefficient (Wildman–Crippen LogP) is 2.74. The Bertz CT molecular complexity index is 543. The average molecular weight is 292 g/mol. The van der Waals surface area contributed by atoms with Crippen LogP contribution in [0.3, 0.4) is 0 Å². The number of sulfonamides is 1. The minimum Gasteiger partial charge on any atom is -0.207 e. The zero-order valence-corrected chi connectivity index (χ0v) is 11.6. The fraction of sp³-hybridized carbons (Fsp3) is 0.500. The fourth-order valence-corrected chi connectivity index (χ4v) is 3.56. The first-order chi connectivity index (χ1) is 8.46. The van der Waals surface area contributed by atoms with Gasteiger partial charge in [-0.05, 0) is 30.5 Å². The highest BCUT2D eigenvalue weighted by molar-refractivity contribution is 7.89. The molecular formula is C12H15ClFNO2S. The number of alkyl halides is 1. The van der Waals surface area contributed by atoms with Crippen LogP contribution < -0.4 is 0 Å². The van der Waals surface area contributed by atoms with E-state index in [4.69, 9.17) is 11.6 Å². The van der Waals surface area contributed by atoms with Crippen LogP contribution in [0.15, 0.2) is 23.1 Å². The zero-order valence-electron chi connectivity index (χ0n) is 10.1. The number of nitrogens with zero attached hydrogens (tertiary/aromatic N) is 1. The van der Waals surface area contributed by atoms with E-state index in [2.05, 4.69) is 0 Å². The summed E-state index contributed by atoms with van der Waals surface area (Å²) >= 11 is 5.58. The molecule has 3 nitrogen and oxygen atoms in total. The van der Waals surface area contributed by atoms with Crippen LogP contribution in [-0.4, -0.2) is 25.8 Å². The van der Waals surface area contributed by atoms with Crippen LogP contribution >= 0.6 is 11.6 Å². The van der Waals surface area contributed by atoms with Crippen molar-refractivity contribution in [3.05, 3.63) is 29.6 Å². The van der Waals surface area contributed by atoms with E-state index in [9.17, 15) is 12.8 Å². The van der Waals surface area contributed by atoms with E-state index in [1.807, 2.05) is 0 Å².